The number of anilines is 1. The van der Waals surface area contributed by atoms with Gasteiger partial charge in [-0.1, -0.05) is 35.9 Å². The van der Waals surface area contributed by atoms with Crippen LogP contribution in [0, 0.1) is 6.92 Å². The number of aromatic nitrogens is 2. The molecule has 1 fully saturated rings. The average molecular weight is 495 g/mol. The Morgan fingerprint density at radius 1 is 1.09 bits per heavy atom. The first-order chi connectivity index (χ1) is 16.6. The molecular formula is C27H31ClN4O3. The average Bonchev–Trinajstić information content (AvgIpc) is 3.26. The summed E-state index contributed by atoms with van der Waals surface area (Å²) >= 11 is 6.25. The molecule has 0 atom stereocenters. The number of hydrogen-bond donors (Lipinski definition) is 1. The third kappa shape index (κ3) is 5.85. The molecule has 0 bridgehead atoms. The van der Waals surface area contributed by atoms with Gasteiger partial charge < -0.3 is 15.0 Å². The number of aryl methyl sites for hydroxylation is 1. The minimum atomic E-state index is -0.538. The molecule has 0 saturated carbocycles. The SMILES string of the molecule is Cc1ccc(NC(=O)c2cnn(-c3ccccc3)c2C2CCN(C(=O)OC(C)(C)C)CC2)cc1Cl. The van der Waals surface area contributed by atoms with Crippen LogP contribution in [0.1, 0.15) is 61.1 Å². The summed E-state index contributed by atoms with van der Waals surface area (Å²) in [7, 11) is 0. The minimum absolute atomic E-state index is 0.0544. The Kier molecular flexibility index (Phi) is 7.17. The van der Waals surface area contributed by atoms with Crippen LogP contribution >= 0.6 is 11.6 Å². The number of hydrogen-bond acceptors (Lipinski definition) is 4. The van der Waals surface area contributed by atoms with Crippen LogP contribution in [-0.2, 0) is 4.74 Å². The Morgan fingerprint density at radius 2 is 1.77 bits per heavy atom. The smallest absolute Gasteiger partial charge is 0.410 e. The maximum Gasteiger partial charge on any atom is 0.410 e. The van der Waals surface area contributed by atoms with Crippen LogP contribution in [0.15, 0.2) is 54.7 Å². The van der Waals surface area contributed by atoms with Gasteiger partial charge in [0.05, 0.1) is 23.1 Å². The summed E-state index contributed by atoms with van der Waals surface area (Å²) in [6, 6.07) is 15.2. The fourth-order valence-electron chi connectivity index (χ4n) is 4.23. The lowest BCUT2D eigenvalue weighted by atomic mass is 9.90. The van der Waals surface area contributed by atoms with Crippen molar-refractivity contribution >= 4 is 29.3 Å². The number of ether oxygens (including phenoxy) is 1. The summed E-state index contributed by atoms with van der Waals surface area (Å²) < 4.78 is 7.38. The number of rotatable bonds is 4. The summed E-state index contributed by atoms with van der Waals surface area (Å²) in [5.74, 6) is -0.185. The Bertz CT molecular complexity index is 1210. The molecular weight excluding hydrogens is 464 g/mol. The van der Waals surface area contributed by atoms with E-state index in [1.165, 1.54) is 0 Å². The van der Waals surface area contributed by atoms with Crippen molar-refractivity contribution in [1.82, 2.24) is 14.7 Å². The molecule has 35 heavy (non-hydrogen) atoms. The molecule has 0 spiro atoms. The van der Waals surface area contributed by atoms with Gasteiger partial charge in [0.15, 0.2) is 0 Å². The lowest BCUT2D eigenvalue weighted by molar-refractivity contribution is 0.0203. The fourth-order valence-corrected chi connectivity index (χ4v) is 4.41. The summed E-state index contributed by atoms with van der Waals surface area (Å²) in [5, 5.41) is 8.14. The molecule has 2 amide bonds. The van der Waals surface area contributed by atoms with Gasteiger partial charge in [0.2, 0.25) is 0 Å². The van der Waals surface area contributed by atoms with Crippen molar-refractivity contribution < 1.29 is 14.3 Å². The van der Waals surface area contributed by atoms with E-state index in [0.717, 1.165) is 16.9 Å². The van der Waals surface area contributed by atoms with Crippen molar-refractivity contribution in [3.63, 3.8) is 0 Å². The quantitative estimate of drug-likeness (QED) is 0.468. The van der Waals surface area contributed by atoms with E-state index in [2.05, 4.69) is 10.4 Å². The van der Waals surface area contributed by atoms with Crippen LogP contribution in [0.4, 0.5) is 10.5 Å². The lowest BCUT2D eigenvalue weighted by Crippen LogP contribution is -2.41. The summed E-state index contributed by atoms with van der Waals surface area (Å²) in [4.78, 5) is 27.6. The van der Waals surface area contributed by atoms with E-state index in [1.807, 2.05) is 74.8 Å². The van der Waals surface area contributed by atoms with Crippen molar-refractivity contribution in [2.45, 2.75) is 52.1 Å². The van der Waals surface area contributed by atoms with Crippen molar-refractivity contribution in [3.05, 3.63) is 76.6 Å². The van der Waals surface area contributed by atoms with Crippen LogP contribution in [0.5, 0.6) is 0 Å². The highest BCUT2D eigenvalue weighted by molar-refractivity contribution is 6.31. The predicted molar refractivity (Wildman–Crippen MR) is 137 cm³/mol. The highest BCUT2D eigenvalue weighted by Gasteiger charge is 2.32. The highest BCUT2D eigenvalue weighted by Crippen LogP contribution is 2.33. The molecule has 2 heterocycles. The maximum atomic E-state index is 13.4. The number of amides is 2. The van der Waals surface area contributed by atoms with Gasteiger partial charge in [-0.25, -0.2) is 9.48 Å². The van der Waals surface area contributed by atoms with Gasteiger partial charge in [-0.2, -0.15) is 5.10 Å². The molecule has 8 heteroatoms. The standard InChI is InChI=1S/C27H31ClN4O3/c1-18-10-11-20(16-23(18)28)30-25(33)22-17-29-32(21-8-6-5-7-9-21)24(22)19-12-14-31(15-13-19)26(34)35-27(2,3)4/h5-11,16-17,19H,12-15H2,1-4H3,(H,30,33). The number of likely N-dealkylation sites (tertiary alicyclic amines) is 1. The first-order valence-corrected chi connectivity index (χ1v) is 12.2. The molecule has 0 unspecified atom stereocenters. The maximum absolute atomic E-state index is 13.4. The summed E-state index contributed by atoms with van der Waals surface area (Å²) in [6.07, 6.45) is 2.72. The van der Waals surface area contributed by atoms with E-state index in [1.54, 1.807) is 17.2 Å². The summed E-state index contributed by atoms with van der Waals surface area (Å²) in [5.41, 5.74) is 3.28. The fraction of sp³-hybridized carbons (Fsp3) is 0.370. The van der Waals surface area contributed by atoms with Crippen molar-refractivity contribution in [3.8, 4) is 5.69 Å². The zero-order chi connectivity index (χ0) is 25.2. The van der Waals surface area contributed by atoms with Gasteiger partial charge in [-0.3, -0.25) is 4.79 Å². The van der Waals surface area contributed by atoms with Gasteiger partial charge in [0.25, 0.3) is 5.91 Å². The number of para-hydroxylation sites is 1. The van der Waals surface area contributed by atoms with Crippen molar-refractivity contribution in [2.24, 2.45) is 0 Å². The van der Waals surface area contributed by atoms with E-state index in [0.29, 0.717) is 42.2 Å². The molecule has 1 aromatic heterocycles. The topological polar surface area (TPSA) is 76.5 Å². The number of carbonyl (C=O) groups excluding carboxylic acids is 2. The second kappa shape index (κ2) is 10.1. The van der Waals surface area contributed by atoms with Crippen LogP contribution in [0.2, 0.25) is 5.02 Å². The molecule has 4 rings (SSSR count). The highest BCUT2D eigenvalue weighted by atomic mass is 35.5. The molecule has 3 aromatic rings. The van der Waals surface area contributed by atoms with Crippen molar-refractivity contribution in [2.75, 3.05) is 18.4 Å². The Labute approximate surface area is 211 Å². The number of piperidine rings is 1. The Hall–Kier alpha value is -3.32. The van der Waals surface area contributed by atoms with E-state index in [4.69, 9.17) is 16.3 Å². The molecule has 2 aromatic carbocycles. The van der Waals surface area contributed by atoms with Crippen LogP contribution < -0.4 is 5.32 Å². The zero-order valence-corrected chi connectivity index (χ0v) is 21.3. The lowest BCUT2D eigenvalue weighted by Gasteiger charge is -2.34. The second-order valence-corrected chi connectivity index (χ2v) is 10.3. The minimum Gasteiger partial charge on any atom is -0.444 e. The van der Waals surface area contributed by atoms with Gasteiger partial charge in [0.1, 0.15) is 5.60 Å². The number of nitrogens with zero attached hydrogens (tertiary/aromatic N) is 3. The van der Waals surface area contributed by atoms with Gasteiger partial charge in [-0.15, -0.1) is 0 Å². The zero-order valence-electron chi connectivity index (χ0n) is 20.5. The largest absolute Gasteiger partial charge is 0.444 e. The van der Waals surface area contributed by atoms with E-state index < -0.39 is 5.60 Å². The number of benzene rings is 2. The molecule has 7 nitrogen and oxygen atoms in total. The van der Waals surface area contributed by atoms with Gasteiger partial charge >= 0.3 is 6.09 Å². The molecule has 0 aliphatic carbocycles. The third-order valence-corrected chi connectivity index (χ3v) is 6.42. The molecule has 1 aliphatic heterocycles. The number of carbonyl (C=O) groups is 2. The van der Waals surface area contributed by atoms with E-state index in [9.17, 15) is 9.59 Å². The normalized spacial score (nSPS) is 14.6. The molecule has 1 N–H and O–H groups in total. The summed E-state index contributed by atoms with van der Waals surface area (Å²) in [6.45, 7) is 8.61. The van der Waals surface area contributed by atoms with Crippen LogP contribution in [0.25, 0.3) is 5.69 Å². The van der Waals surface area contributed by atoms with Gasteiger partial charge in [0, 0.05) is 29.7 Å². The first-order valence-electron chi connectivity index (χ1n) is 11.8. The number of nitrogens with one attached hydrogen (secondary N) is 1. The molecule has 1 saturated heterocycles. The van der Waals surface area contributed by atoms with Crippen LogP contribution in [0.3, 0.4) is 0 Å². The molecule has 184 valence electrons. The number of halogens is 1. The second-order valence-electron chi connectivity index (χ2n) is 9.85. The predicted octanol–water partition coefficient (Wildman–Crippen LogP) is 6.20. The molecule has 1 aliphatic rings. The monoisotopic (exact) mass is 494 g/mol. The van der Waals surface area contributed by atoms with E-state index in [-0.39, 0.29) is 17.9 Å². The van der Waals surface area contributed by atoms with Crippen LogP contribution in [-0.4, -0.2) is 45.4 Å². The Morgan fingerprint density at radius 3 is 2.40 bits per heavy atom. The van der Waals surface area contributed by atoms with E-state index >= 15 is 0 Å². The third-order valence-electron chi connectivity index (χ3n) is 6.01. The van der Waals surface area contributed by atoms with Gasteiger partial charge in [-0.05, 0) is 70.4 Å². The Balaban J connectivity index is 1.60. The molecule has 0 radical (unpaired) electrons. The first kappa shape index (κ1) is 24.8. The van der Waals surface area contributed by atoms with Crippen molar-refractivity contribution in [1.29, 1.82) is 0 Å².